The lowest BCUT2D eigenvalue weighted by atomic mass is 10.0. The summed E-state index contributed by atoms with van der Waals surface area (Å²) in [5.41, 5.74) is 0.608. The number of methoxy groups -OCH3 is 2. The van der Waals surface area contributed by atoms with E-state index in [0.29, 0.717) is 17.1 Å². The third kappa shape index (κ3) is 2.72. The molecule has 0 spiro atoms. The molecule has 0 bridgehead atoms. The highest BCUT2D eigenvalue weighted by Gasteiger charge is 2.22. The smallest absolute Gasteiger partial charge is 0.220 e. The Morgan fingerprint density at radius 2 is 2.06 bits per heavy atom. The van der Waals surface area contributed by atoms with Crippen LogP contribution in [0.4, 0.5) is 0 Å². The van der Waals surface area contributed by atoms with Gasteiger partial charge in [0.2, 0.25) is 5.91 Å². The zero-order chi connectivity index (χ0) is 13.7. The monoisotopic (exact) mass is 248 g/mol. The molecule has 0 saturated carbocycles. The fourth-order valence-electron chi connectivity index (χ4n) is 1.60. The SMILES string of the molecule is COc1ccc(OC)c(C(C#N)N(C)C(C)=O)c1. The molecule has 0 heterocycles. The van der Waals surface area contributed by atoms with Crippen molar-refractivity contribution in [1.82, 2.24) is 4.90 Å². The molecule has 5 nitrogen and oxygen atoms in total. The van der Waals surface area contributed by atoms with E-state index in [4.69, 9.17) is 9.47 Å². The van der Waals surface area contributed by atoms with Gasteiger partial charge in [0.25, 0.3) is 0 Å². The van der Waals surface area contributed by atoms with Crippen LogP contribution in [0.3, 0.4) is 0 Å². The van der Waals surface area contributed by atoms with Crippen LogP contribution in [0.5, 0.6) is 11.5 Å². The van der Waals surface area contributed by atoms with Crippen molar-refractivity contribution >= 4 is 5.91 Å². The second kappa shape index (κ2) is 5.92. The van der Waals surface area contributed by atoms with E-state index in [1.54, 1.807) is 32.4 Å². The second-order valence-corrected chi connectivity index (χ2v) is 3.77. The van der Waals surface area contributed by atoms with Crippen molar-refractivity contribution in [2.75, 3.05) is 21.3 Å². The molecular formula is C13H16N2O3. The van der Waals surface area contributed by atoms with E-state index in [0.717, 1.165) is 0 Å². The first-order valence-corrected chi connectivity index (χ1v) is 5.40. The third-order valence-electron chi connectivity index (χ3n) is 2.74. The van der Waals surface area contributed by atoms with Crippen LogP contribution in [-0.4, -0.2) is 32.1 Å². The average Bonchev–Trinajstić information content (AvgIpc) is 2.39. The number of carbonyl (C=O) groups excluding carboxylic acids is 1. The summed E-state index contributed by atoms with van der Waals surface area (Å²) in [5, 5.41) is 9.24. The molecule has 5 heteroatoms. The summed E-state index contributed by atoms with van der Waals surface area (Å²) in [5.74, 6) is 0.977. The molecular weight excluding hydrogens is 232 g/mol. The van der Waals surface area contributed by atoms with Gasteiger partial charge in [-0.3, -0.25) is 4.79 Å². The van der Waals surface area contributed by atoms with Gasteiger partial charge in [0.05, 0.1) is 20.3 Å². The number of nitriles is 1. The maximum absolute atomic E-state index is 11.4. The molecule has 0 aromatic heterocycles. The number of nitrogens with zero attached hydrogens (tertiary/aromatic N) is 2. The summed E-state index contributed by atoms with van der Waals surface area (Å²) in [6.45, 7) is 1.41. The molecule has 1 aromatic carbocycles. The zero-order valence-corrected chi connectivity index (χ0v) is 10.9. The summed E-state index contributed by atoms with van der Waals surface area (Å²) >= 11 is 0. The number of ether oxygens (including phenoxy) is 2. The number of carbonyl (C=O) groups is 1. The van der Waals surface area contributed by atoms with Gasteiger partial charge in [-0.25, -0.2) is 0 Å². The summed E-state index contributed by atoms with van der Waals surface area (Å²) in [6, 6.07) is 6.55. The molecule has 1 unspecified atom stereocenters. The molecule has 0 saturated heterocycles. The molecule has 0 radical (unpaired) electrons. The van der Waals surface area contributed by atoms with Crippen molar-refractivity contribution < 1.29 is 14.3 Å². The molecule has 0 aliphatic heterocycles. The van der Waals surface area contributed by atoms with Crippen molar-refractivity contribution in [3.05, 3.63) is 23.8 Å². The van der Waals surface area contributed by atoms with E-state index < -0.39 is 6.04 Å². The van der Waals surface area contributed by atoms with Crippen LogP contribution in [0.1, 0.15) is 18.5 Å². The number of hydrogen-bond donors (Lipinski definition) is 0. The molecule has 1 atom stereocenters. The third-order valence-corrected chi connectivity index (χ3v) is 2.74. The molecule has 18 heavy (non-hydrogen) atoms. The maximum atomic E-state index is 11.4. The Bertz CT molecular complexity index is 480. The maximum Gasteiger partial charge on any atom is 0.220 e. The molecule has 0 N–H and O–H groups in total. The van der Waals surface area contributed by atoms with Gasteiger partial charge in [0.15, 0.2) is 0 Å². The van der Waals surface area contributed by atoms with Crippen LogP contribution in [0, 0.1) is 11.3 Å². The lowest BCUT2D eigenvalue weighted by Gasteiger charge is -2.23. The number of rotatable bonds is 4. The van der Waals surface area contributed by atoms with E-state index >= 15 is 0 Å². The summed E-state index contributed by atoms with van der Waals surface area (Å²) in [6.07, 6.45) is 0. The van der Waals surface area contributed by atoms with Gasteiger partial charge in [0.1, 0.15) is 17.5 Å². The minimum Gasteiger partial charge on any atom is -0.497 e. The lowest BCUT2D eigenvalue weighted by Crippen LogP contribution is -2.28. The van der Waals surface area contributed by atoms with Gasteiger partial charge in [0, 0.05) is 19.5 Å². The molecule has 0 fully saturated rings. The normalized spacial score (nSPS) is 11.3. The van der Waals surface area contributed by atoms with E-state index in [9.17, 15) is 10.1 Å². The standard InChI is InChI=1S/C13H16N2O3/c1-9(16)15(2)12(8-14)11-7-10(17-3)5-6-13(11)18-4/h5-7,12H,1-4H3. The highest BCUT2D eigenvalue weighted by Crippen LogP contribution is 2.31. The van der Waals surface area contributed by atoms with E-state index in [1.807, 2.05) is 0 Å². The second-order valence-electron chi connectivity index (χ2n) is 3.77. The number of hydrogen-bond acceptors (Lipinski definition) is 4. The van der Waals surface area contributed by atoms with Gasteiger partial charge < -0.3 is 14.4 Å². The Labute approximate surface area is 107 Å². The summed E-state index contributed by atoms with van der Waals surface area (Å²) in [7, 11) is 4.64. The van der Waals surface area contributed by atoms with E-state index in [1.165, 1.54) is 18.9 Å². The first-order valence-electron chi connectivity index (χ1n) is 5.40. The van der Waals surface area contributed by atoms with Crippen LogP contribution in [0.2, 0.25) is 0 Å². The Morgan fingerprint density at radius 3 is 2.50 bits per heavy atom. The zero-order valence-electron chi connectivity index (χ0n) is 10.9. The van der Waals surface area contributed by atoms with Crippen molar-refractivity contribution in [2.24, 2.45) is 0 Å². The van der Waals surface area contributed by atoms with Crippen LogP contribution in [-0.2, 0) is 4.79 Å². The fourth-order valence-corrected chi connectivity index (χ4v) is 1.60. The lowest BCUT2D eigenvalue weighted by molar-refractivity contribution is -0.128. The van der Waals surface area contributed by atoms with E-state index in [-0.39, 0.29) is 5.91 Å². The van der Waals surface area contributed by atoms with Crippen molar-refractivity contribution in [3.63, 3.8) is 0 Å². The summed E-state index contributed by atoms with van der Waals surface area (Å²) in [4.78, 5) is 12.7. The van der Waals surface area contributed by atoms with Crippen LogP contribution < -0.4 is 9.47 Å². The van der Waals surface area contributed by atoms with Crippen LogP contribution in [0.25, 0.3) is 0 Å². The van der Waals surface area contributed by atoms with E-state index in [2.05, 4.69) is 6.07 Å². The molecule has 0 aliphatic rings. The van der Waals surface area contributed by atoms with Gasteiger partial charge in [-0.1, -0.05) is 0 Å². The summed E-state index contributed by atoms with van der Waals surface area (Å²) < 4.78 is 10.3. The number of amides is 1. The minimum atomic E-state index is -0.701. The molecule has 1 amide bonds. The van der Waals surface area contributed by atoms with Crippen LogP contribution >= 0.6 is 0 Å². The Balaban J connectivity index is 3.27. The molecule has 0 aliphatic carbocycles. The molecule has 1 aromatic rings. The van der Waals surface area contributed by atoms with Gasteiger partial charge in [-0.2, -0.15) is 5.26 Å². The first-order chi connectivity index (χ1) is 8.54. The largest absolute Gasteiger partial charge is 0.497 e. The predicted octanol–water partition coefficient (Wildman–Crippen LogP) is 1.75. The van der Waals surface area contributed by atoms with Gasteiger partial charge in [-0.05, 0) is 18.2 Å². The Hall–Kier alpha value is -2.22. The van der Waals surface area contributed by atoms with Gasteiger partial charge >= 0.3 is 0 Å². The molecule has 1 rings (SSSR count). The quantitative estimate of drug-likeness (QED) is 0.814. The van der Waals surface area contributed by atoms with Crippen molar-refractivity contribution in [3.8, 4) is 17.6 Å². The predicted molar refractivity (Wildman–Crippen MR) is 66.3 cm³/mol. The Morgan fingerprint density at radius 1 is 1.39 bits per heavy atom. The highest BCUT2D eigenvalue weighted by molar-refractivity contribution is 5.74. The van der Waals surface area contributed by atoms with Crippen LogP contribution in [0.15, 0.2) is 18.2 Å². The van der Waals surface area contributed by atoms with Crippen molar-refractivity contribution in [1.29, 1.82) is 5.26 Å². The Kier molecular flexibility index (Phi) is 4.55. The first kappa shape index (κ1) is 13.8. The molecule has 96 valence electrons. The topological polar surface area (TPSA) is 62.6 Å². The van der Waals surface area contributed by atoms with Crippen molar-refractivity contribution in [2.45, 2.75) is 13.0 Å². The minimum absolute atomic E-state index is 0.188. The fraction of sp³-hybridized carbons (Fsp3) is 0.385. The number of benzene rings is 1. The average molecular weight is 248 g/mol. The highest BCUT2D eigenvalue weighted by atomic mass is 16.5. The van der Waals surface area contributed by atoms with Gasteiger partial charge in [-0.15, -0.1) is 0 Å².